The summed E-state index contributed by atoms with van der Waals surface area (Å²) in [7, 11) is 0. The molecule has 4 fully saturated rings. The van der Waals surface area contributed by atoms with E-state index in [4.69, 9.17) is 0 Å². The van der Waals surface area contributed by atoms with Gasteiger partial charge < -0.3 is 5.11 Å². The SMILES string of the molecule is C[C@]12CC(=O)CC[C@@H]1CC(=O)[C@@H]1[C@@H]2CC[C@]2(C)[C@H](O)CC[C@@H]12. The van der Waals surface area contributed by atoms with E-state index in [1.807, 2.05) is 0 Å². The van der Waals surface area contributed by atoms with Gasteiger partial charge in [-0.15, -0.1) is 0 Å². The van der Waals surface area contributed by atoms with Crippen molar-refractivity contribution >= 4 is 11.6 Å². The largest absolute Gasteiger partial charge is 0.393 e. The predicted molar refractivity (Wildman–Crippen MR) is 83.1 cm³/mol. The van der Waals surface area contributed by atoms with Crippen molar-refractivity contribution in [2.45, 2.75) is 71.3 Å². The van der Waals surface area contributed by atoms with Gasteiger partial charge in [-0.2, -0.15) is 0 Å². The molecule has 0 aliphatic heterocycles. The maximum atomic E-state index is 12.9. The van der Waals surface area contributed by atoms with Crippen molar-refractivity contribution in [3.63, 3.8) is 0 Å². The van der Waals surface area contributed by atoms with Gasteiger partial charge in [0.05, 0.1) is 6.10 Å². The minimum absolute atomic E-state index is 0.0305. The molecule has 122 valence electrons. The number of carbonyl (C=O) groups excluding carboxylic acids is 2. The first-order valence-corrected chi connectivity index (χ1v) is 9.09. The fourth-order valence-corrected chi connectivity index (χ4v) is 6.77. The summed E-state index contributed by atoms with van der Waals surface area (Å²) in [5.74, 6) is 2.05. The van der Waals surface area contributed by atoms with E-state index in [0.29, 0.717) is 48.6 Å². The Balaban J connectivity index is 1.72. The van der Waals surface area contributed by atoms with Gasteiger partial charge in [0.2, 0.25) is 0 Å². The van der Waals surface area contributed by atoms with E-state index in [1.165, 1.54) is 0 Å². The van der Waals surface area contributed by atoms with E-state index >= 15 is 0 Å². The molecule has 4 saturated carbocycles. The molecule has 4 aliphatic carbocycles. The van der Waals surface area contributed by atoms with Crippen LogP contribution in [0.1, 0.15) is 65.2 Å². The molecule has 0 saturated heterocycles. The minimum atomic E-state index is -0.246. The molecule has 3 nitrogen and oxygen atoms in total. The number of carbonyl (C=O) groups is 2. The van der Waals surface area contributed by atoms with Gasteiger partial charge in [0.1, 0.15) is 11.6 Å². The van der Waals surface area contributed by atoms with Crippen LogP contribution in [0.4, 0.5) is 0 Å². The standard InChI is InChI=1S/C19H28O3/c1-18-8-7-14-17(13(18)5-6-16(18)22)15(21)9-11-3-4-12(20)10-19(11,14)2/h11,13-14,16-17,22H,3-10H2,1-2H3/t11-,13+,14+,16-,17+,18+,19+/m1/s1. The topological polar surface area (TPSA) is 54.4 Å². The van der Waals surface area contributed by atoms with E-state index in [1.54, 1.807) is 0 Å². The van der Waals surface area contributed by atoms with E-state index in [0.717, 1.165) is 32.1 Å². The third-order valence-electron chi connectivity index (χ3n) is 8.17. The molecule has 0 amide bonds. The van der Waals surface area contributed by atoms with Crippen LogP contribution in [0.25, 0.3) is 0 Å². The molecule has 4 rings (SSSR count). The summed E-state index contributed by atoms with van der Waals surface area (Å²) in [6.45, 7) is 4.48. The molecule has 4 aliphatic rings. The van der Waals surface area contributed by atoms with Gasteiger partial charge in [-0.05, 0) is 60.7 Å². The number of hydrogen-bond donors (Lipinski definition) is 1. The molecular weight excluding hydrogens is 276 g/mol. The van der Waals surface area contributed by atoms with Crippen LogP contribution < -0.4 is 0 Å². The first kappa shape index (κ1) is 14.9. The maximum absolute atomic E-state index is 12.9. The van der Waals surface area contributed by atoms with Crippen LogP contribution in [0.3, 0.4) is 0 Å². The third-order valence-corrected chi connectivity index (χ3v) is 8.17. The Kier molecular flexibility index (Phi) is 3.15. The molecule has 0 spiro atoms. The molecule has 22 heavy (non-hydrogen) atoms. The average molecular weight is 304 g/mol. The van der Waals surface area contributed by atoms with Gasteiger partial charge in [0, 0.05) is 25.2 Å². The number of rotatable bonds is 0. The second kappa shape index (κ2) is 4.66. The Labute approximate surface area is 132 Å². The van der Waals surface area contributed by atoms with Crippen LogP contribution in [0.2, 0.25) is 0 Å². The lowest BCUT2D eigenvalue weighted by Gasteiger charge is -2.58. The highest BCUT2D eigenvalue weighted by Gasteiger charge is 2.62. The predicted octanol–water partition coefficient (Wildman–Crippen LogP) is 3.14. The monoisotopic (exact) mass is 304 g/mol. The van der Waals surface area contributed by atoms with Crippen molar-refractivity contribution in [1.82, 2.24) is 0 Å². The summed E-state index contributed by atoms with van der Waals surface area (Å²) in [6.07, 6.45) is 6.55. The zero-order chi connectivity index (χ0) is 15.7. The lowest BCUT2D eigenvalue weighted by Crippen LogP contribution is -2.57. The molecule has 0 aromatic heterocycles. The number of aliphatic hydroxyl groups excluding tert-OH is 1. The summed E-state index contributed by atoms with van der Waals surface area (Å²) in [6, 6.07) is 0. The van der Waals surface area contributed by atoms with Crippen molar-refractivity contribution < 1.29 is 14.7 Å². The van der Waals surface area contributed by atoms with E-state index < -0.39 is 0 Å². The molecule has 0 aromatic rings. The average Bonchev–Trinajstić information content (AvgIpc) is 2.76. The second-order valence-corrected chi connectivity index (χ2v) is 9.00. The van der Waals surface area contributed by atoms with Gasteiger partial charge in [0.15, 0.2) is 0 Å². The van der Waals surface area contributed by atoms with Gasteiger partial charge in [-0.1, -0.05) is 13.8 Å². The molecule has 7 atom stereocenters. The number of fused-ring (bicyclic) bond motifs is 5. The Morgan fingerprint density at radius 1 is 1.00 bits per heavy atom. The lowest BCUT2D eigenvalue weighted by atomic mass is 9.45. The first-order chi connectivity index (χ1) is 10.4. The van der Waals surface area contributed by atoms with Crippen molar-refractivity contribution in [3.8, 4) is 0 Å². The van der Waals surface area contributed by atoms with Gasteiger partial charge >= 0.3 is 0 Å². The second-order valence-electron chi connectivity index (χ2n) is 9.00. The van der Waals surface area contributed by atoms with Gasteiger partial charge in [-0.25, -0.2) is 0 Å². The van der Waals surface area contributed by atoms with E-state index in [9.17, 15) is 14.7 Å². The molecule has 1 N–H and O–H groups in total. The Hall–Kier alpha value is -0.700. The highest BCUT2D eigenvalue weighted by molar-refractivity contribution is 5.86. The molecular formula is C19H28O3. The smallest absolute Gasteiger partial charge is 0.136 e. The Morgan fingerprint density at radius 3 is 2.50 bits per heavy atom. The van der Waals surface area contributed by atoms with Crippen LogP contribution in [0.15, 0.2) is 0 Å². The van der Waals surface area contributed by atoms with Crippen molar-refractivity contribution in [2.75, 3.05) is 0 Å². The summed E-state index contributed by atoms with van der Waals surface area (Å²) in [5, 5.41) is 10.4. The zero-order valence-corrected chi connectivity index (χ0v) is 13.8. The van der Waals surface area contributed by atoms with Gasteiger partial charge in [-0.3, -0.25) is 9.59 Å². The summed E-state index contributed by atoms with van der Waals surface area (Å²) < 4.78 is 0. The molecule has 3 heteroatoms. The van der Waals surface area contributed by atoms with Crippen LogP contribution in [-0.4, -0.2) is 22.8 Å². The highest BCUT2D eigenvalue weighted by Crippen LogP contribution is 2.64. The Bertz CT molecular complexity index is 527. The highest BCUT2D eigenvalue weighted by atomic mass is 16.3. The third kappa shape index (κ3) is 1.78. The van der Waals surface area contributed by atoms with Crippen molar-refractivity contribution in [3.05, 3.63) is 0 Å². The number of Topliss-reactive ketones (excluding diaryl/α,β-unsaturated/α-hetero) is 2. The van der Waals surface area contributed by atoms with E-state index in [2.05, 4.69) is 13.8 Å². The molecule has 0 radical (unpaired) electrons. The van der Waals surface area contributed by atoms with Crippen molar-refractivity contribution in [2.24, 2.45) is 34.5 Å². The molecule has 0 bridgehead atoms. The lowest BCUT2D eigenvalue weighted by molar-refractivity contribution is -0.161. The van der Waals surface area contributed by atoms with Crippen LogP contribution in [0, 0.1) is 34.5 Å². The number of ketones is 2. The summed E-state index contributed by atoms with van der Waals surface area (Å²) in [5.41, 5.74) is -0.0402. The van der Waals surface area contributed by atoms with E-state index in [-0.39, 0.29) is 22.9 Å². The first-order valence-electron chi connectivity index (χ1n) is 9.09. The normalized spacial score (nSPS) is 54.6. The van der Waals surface area contributed by atoms with Crippen LogP contribution in [-0.2, 0) is 9.59 Å². The molecule has 0 unspecified atom stereocenters. The number of aliphatic hydroxyl groups is 1. The van der Waals surface area contributed by atoms with Gasteiger partial charge in [0.25, 0.3) is 0 Å². The zero-order valence-electron chi connectivity index (χ0n) is 13.8. The summed E-state index contributed by atoms with van der Waals surface area (Å²) in [4.78, 5) is 25.0. The number of hydrogen-bond acceptors (Lipinski definition) is 3. The minimum Gasteiger partial charge on any atom is -0.393 e. The quantitative estimate of drug-likeness (QED) is 0.748. The summed E-state index contributed by atoms with van der Waals surface area (Å²) >= 11 is 0. The molecule has 0 aromatic carbocycles. The fourth-order valence-electron chi connectivity index (χ4n) is 6.77. The van der Waals surface area contributed by atoms with Crippen LogP contribution in [0.5, 0.6) is 0 Å². The molecule has 0 heterocycles. The Morgan fingerprint density at radius 2 is 1.73 bits per heavy atom. The fraction of sp³-hybridized carbons (Fsp3) is 0.895. The van der Waals surface area contributed by atoms with Crippen LogP contribution >= 0.6 is 0 Å². The maximum Gasteiger partial charge on any atom is 0.136 e. The van der Waals surface area contributed by atoms with Crippen molar-refractivity contribution in [1.29, 1.82) is 0 Å².